The molecule has 1 aliphatic heterocycles. The number of allylic oxidation sites excluding steroid dienone is 1. The van der Waals surface area contributed by atoms with E-state index in [-0.39, 0.29) is 5.82 Å². The van der Waals surface area contributed by atoms with Gasteiger partial charge in [-0.3, -0.25) is 4.98 Å². The molecule has 0 radical (unpaired) electrons. The lowest BCUT2D eigenvalue weighted by atomic mass is 10.2. The van der Waals surface area contributed by atoms with E-state index in [1.807, 2.05) is 6.92 Å². The Morgan fingerprint density at radius 1 is 1.62 bits per heavy atom. The zero-order chi connectivity index (χ0) is 9.42. The molecule has 0 amide bonds. The van der Waals surface area contributed by atoms with Crippen LogP contribution in [0.1, 0.15) is 18.2 Å². The van der Waals surface area contributed by atoms with Crippen molar-refractivity contribution in [2.24, 2.45) is 0 Å². The van der Waals surface area contributed by atoms with Crippen LogP contribution in [0.25, 0.3) is 0 Å². The predicted molar refractivity (Wildman–Crippen MR) is 48.3 cm³/mol. The van der Waals surface area contributed by atoms with E-state index in [1.165, 1.54) is 6.20 Å². The summed E-state index contributed by atoms with van der Waals surface area (Å²) >= 11 is 0. The summed E-state index contributed by atoms with van der Waals surface area (Å²) in [4.78, 5) is 6.11. The second-order valence-corrected chi connectivity index (χ2v) is 3.35. The third-order valence-corrected chi connectivity index (χ3v) is 2.27. The van der Waals surface area contributed by atoms with Gasteiger partial charge >= 0.3 is 0 Å². The van der Waals surface area contributed by atoms with E-state index in [2.05, 4.69) is 16.5 Å². The van der Waals surface area contributed by atoms with Crippen molar-refractivity contribution in [3.63, 3.8) is 0 Å². The van der Waals surface area contributed by atoms with E-state index >= 15 is 0 Å². The molecule has 0 N–H and O–H groups in total. The maximum Gasteiger partial charge on any atom is 0.141 e. The highest BCUT2D eigenvalue weighted by Gasteiger charge is 2.19. The number of rotatable bonds is 1. The van der Waals surface area contributed by atoms with Gasteiger partial charge < -0.3 is 4.90 Å². The van der Waals surface area contributed by atoms with Gasteiger partial charge in [0.2, 0.25) is 0 Å². The van der Waals surface area contributed by atoms with Crippen molar-refractivity contribution < 1.29 is 4.39 Å². The zero-order valence-electron chi connectivity index (χ0n) is 7.55. The SMILES string of the molecule is C=C(C)N1Cc2cc(F)cnc2C1. The van der Waals surface area contributed by atoms with E-state index in [9.17, 15) is 4.39 Å². The van der Waals surface area contributed by atoms with Gasteiger partial charge in [-0.25, -0.2) is 4.39 Å². The van der Waals surface area contributed by atoms with Crippen LogP contribution in [0.2, 0.25) is 0 Å². The molecule has 0 fully saturated rings. The van der Waals surface area contributed by atoms with Gasteiger partial charge in [0.1, 0.15) is 5.82 Å². The lowest BCUT2D eigenvalue weighted by Crippen LogP contribution is -2.12. The number of hydrogen-bond donors (Lipinski definition) is 0. The van der Waals surface area contributed by atoms with Crippen LogP contribution in [-0.2, 0) is 13.1 Å². The number of hydrogen-bond acceptors (Lipinski definition) is 2. The lowest BCUT2D eigenvalue weighted by molar-refractivity contribution is 0.363. The van der Waals surface area contributed by atoms with Crippen molar-refractivity contribution in [2.45, 2.75) is 20.0 Å². The summed E-state index contributed by atoms with van der Waals surface area (Å²) in [5.74, 6) is -0.262. The van der Waals surface area contributed by atoms with Crippen molar-refractivity contribution in [1.29, 1.82) is 0 Å². The molecular weight excluding hydrogens is 167 g/mol. The first-order valence-corrected chi connectivity index (χ1v) is 4.20. The molecule has 0 saturated heterocycles. The highest BCUT2D eigenvalue weighted by Crippen LogP contribution is 2.23. The largest absolute Gasteiger partial charge is 0.365 e. The highest BCUT2D eigenvalue weighted by atomic mass is 19.1. The fourth-order valence-corrected chi connectivity index (χ4v) is 1.50. The van der Waals surface area contributed by atoms with Crippen LogP contribution < -0.4 is 0 Å². The molecule has 3 heteroatoms. The number of nitrogens with zero attached hydrogens (tertiary/aromatic N) is 2. The van der Waals surface area contributed by atoms with Crippen molar-refractivity contribution in [2.75, 3.05) is 0 Å². The monoisotopic (exact) mass is 178 g/mol. The fraction of sp³-hybridized carbons (Fsp3) is 0.300. The minimum absolute atomic E-state index is 0.262. The van der Waals surface area contributed by atoms with Gasteiger partial charge in [0.05, 0.1) is 18.4 Å². The number of fused-ring (bicyclic) bond motifs is 1. The van der Waals surface area contributed by atoms with Gasteiger partial charge in [-0.05, 0) is 18.6 Å². The summed E-state index contributed by atoms with van der Waals surface area (Å²) in [6.07, 6.45) is 1.26. The van der Waals surface area contributed by atoms with E-state index < -0.39 is 0 Å². The summed E-state index contributed by atoms with van der Waals surface area (Å²) in [5.41, 5.74) is 2.94. The molecule has 0 aromatic carbocycles. The molecule has 2 nitrogen and oxygen atoms in total. The smallest absolute Gasteiger partial charge is 0.141 e. The van der Waals surface area contributed by atoms with Crippen molar-refractivity contribution in [3.05, 3.63) is 41.6 Å². The van der Waals surface area contributed by atoms with Gasteiger partial charge in [0.25, 0.3) is 0 Å². The molecule has 2 rings (SSSR count). The summed E-state index contributed by atoms with van der Waals surface area (Å²) in [6.45, 7) is 7.28. The van der Waals surface area contributed by atoms with Crippen LogP contribution in [0, 0.1) is 5.82 Å². The van der Waals surface area contributed by atoms with E-state index in [4.69, 9.17) is 0 Å². The van der Waals surface area contributed by atoms with Crippen LogP contribution in [0.3, 0.4) is 0 Å². The van der Waals surface area contributed by atoms with Crippen molar-refractivity contribution >= 4 is 0 Å². The first-order valence-electron chi connectivity index (χ1n) is 4.20. The molecule has 0 unspecified atom stereocenters. The Balaban J connectivity index is 2.30. The molecule has 0 saturated carbocycles. The van der Waals surface area contributed by atoms with Crippen LogP contribution in [0.5, 0.6) is 0 Å². The Labute approximate surface area is 76.7 Å². The average Bonchev–Trinajstić information content (AvgIpc) is 2.46. The van der Waals surface area contributed by atoms with E-state index in [1.54, 1.807) is 6.07 Å². The highest BCUT2D eigenvalue weighted by molar-refractivity contribution is 5.25. The van der Waals surface area contributed by atoms with Crippen molar-refractivity contribution in [1.82, 2.24) is 9.88 Å². The van der Waals surface area contributed by atoms with E-state index in [0.717, 1.165) is 30.0 Å². The van der Waals surface area contributed by atoms with Gasteiger partial charge in [0, 0.05) is 12.2 Å². The number of pyridine rings is 1. The lowest BCUT2D eigenvalue weighted by Gasteiger charge is -2.15. The van der Waals surface area contributed by atoms with Crippen LogP contribution >= 0.6 is 0 Å². The number of aromatic nitrogens is 1. The third-order valence-electron chi connectivity index (χ3n) is 2.27. The Bertz CT molecular complexity index is 360. The molecule has 1 aliphatic rings. The Morgan fingerprint density at radius 3 is 3.08 bits per heavy atom. The van der Waals surface area contributed by atoms with Gasteiger partial charge in [-0.2, -0.15) is 0 Å². The molecule has 0 aliphatic carbocycles. The average molecular weight is 178 g/mol. The maximum absolute atomic E-state index is 12.8. The Kier molecular flexibility index (Phi) is 1.79. The predicted octanol–water partition coefficient (Wildman–Crippen LogP) is 2.07. The molecular formula is C10H11FN2. The first kappa shape index (κ1) is 8.23. The van der Waals surface area contributed by atoms with Crippen LogP contribution in [0.4, 0.5) is 4.39 Å². The Hall–Kier alpha value is -1.38. The molecule has 0 atom stereocenters. The quantitative estimate of drug-likeness (QED) is 0.654. The Morgan fingerprint density at radius 2 is 2.38 bits per heavy atom. The molecule has 1 aromatic rings. The molecule has 68 valence electrons. The van der Waals surface area contributed by atoms with Gasteiger partial charge in [-0.15, -0.1) is 0 Å². The third kappa shape index (κ3) is 1.41. The normalized spacial score (nSPS) is 14.5. The minimum Gasteiger partial charge on any atom is -0.365 e. The molecule has 2 heterocycles. The van der Waals surface area contributed by atoms with Crippen LogP contribution in [-0.4, -0.2) is 9.88 Å². The minimum atomic E-state index is -0.262. The molecule has 0 spiro atoms. The molecule has 1 aromatic heterocycles. The summed E-state index contributed by atoms with van der Waals surface area (Å²) in [6, 6.07) is 1.55. The molecule has 13 heavy (non-hydrogen) atoms. The summed E-state index contributed by atoms with van der Waals surface area (Å²) in [5, 5.41) is 0. The maximum atomic E-state index is 12.8. The second kappa shape index (κ2) is 2.83. The summed E-state index contributed by atoms with van der Waals surface area (Å²) < 4.78 is 12.8. The second-order valence-electron chi connectivity index (χ2n) is 3.35. The fourth-order valence-electron chi connectivity index (χ4n) is 1.50. The topological polar surface area (TPSA) is 16.1 Å². The standard InChI is InChI=1S/C10H11FN2/c1-7(2)13-5-8-3-9(11)4-12-10(8)6-13/h3-4H,1,5-6H2,2H3. The summed E-state index contributed by atoms with van der Waals surface area (Å²) in [7, 11) is 0. The van der Waals surface area contributed by atoms with Gasteiger partial charge in [0.15, 0.2) is 0 Å². The first-order chi connectivity index (χ1) is 6.16. The van der Waals surface area contributed by atoms with Crippen molar-refractivity contribution in [3.8, 4) is 0 Å². The van der Waals surface area contributed by atoms with E-state index in [0.29, 0.717) is 0 Å². The van der Waals surface area contributed by atoms with Gasteiger partial charge in [-0.1, -0.05) is 6.58 Å². The number of halogens is 1. The van der Waals surface area contributed by atoms with Crippen LogP contribution in [0.15, 0.2) is 24.5 Å². The zero-order valence-corrected chi connectivity index (χ0v) is 7.55. The molecule has 0 bridgehead atoms.